The molecule has 0 saturated carbocycles. The minimum absolute atomic E-state index is 0.112. The highest BCUT2D eigenvalue weighted by Gasteiger charge is 2.23. The molecular formula is C11H20N4O6S. The third-order valence-electron chi connectivity index (χ3n) is 2.47. The van der Waals surface area contributed by atoms with Gasteiger partial charge >= 0.3 is 5.97 Å². The van der Waals surface area contributed by atoms with Gasteiger partial charge in [-0.1, -0.05) is 0 Å². The van der Waals surface area contributed by atoms with Crippen molar-refractivity contribution in [3.05, 3.63) is 0 Å². The van der Waals surface area contributed by atoms with E-state index in [0.29, 0.717) is 0 Å². The van der Waals surface area contributed by atoms with Gasteiger partial charge in [-0.2, -0.15) is 12.6 Å². The van der Waals surface area contributed by atoms with Gasteiger partial charge in [-0.05, 0) is 6.92 Å². The number of carboxylic acid groups (broad SMARTS) is 1. The number of rotatable bonds is 9. The number of aliphatic carboxylic acids is 1. The van der Waals surface area contributed by atoms with E-state index in [-0.39, 0.29) is 5.75 Å². The number of carbonyl (C=O) groups is 4. The Bertz CT molecular complexity index is 431. The molecule has 0 aromatic carbocycles. The minimum atomic E-state index is -1.26. The van der Waals surface area contributed by atoms with Crippen LogP contribution in [0.25, 0.3) is 0 Å². The molecule has 7 N–H and O–H groups in total. The van der Waals surface area contributed by atoms with Crippen LogP contribution in [-0.4, -0.2) is 70.9 Å². The normalized spacial score (nSPS) is 14.4. The summed E-state index contributed by atoms with van der Waals surface area (Å²) in [5, 5.41) is 24.3. The first kappa shape index (κ1) is 20.1. The zero-order chi connectivity index (χ0) is 17.3. The highest BCUT2D eigenvalue weighted by atomic mass is 32.1. The molecule has 0 aliphatic heterocycles. The third-order valence-corrected chi connectivity index (χ3v) is 2.83. The van der Waals surface area contributed by atoms with Crippen molar-refractivity contribution in [3.63, 3.8) is 0 Å². The van der Waals surface area contributed by atoms with Crippen LogP contribution in [0.4, 0.5) is 0 Å². The lowest BCUT2D eigenvalue weighted by Gasteiger charge is -2.18. The summed E-state index contributed by atoms with van der Waals surface area (Å²) >= 11 is 3.77. The molecule has 3 amide bonds. The second-order valence-electron chi connectivity index (χ2n) is 4.39. The van der Waals surface area contributed by atoms with Gasteiger partial charge in [0.25, 0.3) is 0 Å². The van der Waals surface area contributed by atoms with Crippen molar-refractivity contribution in [1.29, 1.82) is 0 Å². The monoisotopic (exact) mass is 336 g/mol. The largest absolute Gasteiger partial charge is 0.480 e. The van der Waals surface area contributed by atoms with Crippen molar-refractivity contribution < 1.29 is 29.4 Å². The maximum atomic E-state index is 11.7. The van der Waals surface area contributed by atoms with Crippen molar-refractivity contribution in [2.24, 2.45) is 5.73 Å². The molecule has 0 aromatic heterocycles. The summed E-state index contributed by atoms with van der Waals surface area (Å²) in [4.78, 5) is 45.2. The van der Waals surface area contributed by atoms with Gasteiger partial charge in [-0.15, -0.1) is 0 Å². The Morgan fingerprint density at radius 1 is 1.14 bits per heavy atom. The zero-order valence-electron chi connectivity index (χ0n) is 11.9. The van der Waals surface area contributed by atoms with Gasteiger partial charge in [0.1, 0.15) is 12.1 Å². The minimum Gasteiger partial charge on any atom is -0.480 e. The molecule has 0 bridgehead atoms. The first-order valence-electron chi connectivity index (χ1n) is 6.30. The number of thiol groups is 1. The standard InChI is InChI=1S/C11H20N4O6S/c1-5(12)9(18)15-6(3-16)10(19)13-2-8(17)14-7(4-22)11(20)21/h5-7,16,22H,2-4,12H2,1H3,(H,13,19)(H,14,17)(H,15,18)(H,20,21). The predicted molar refractivity (Wildman–Crippen MR) is 79.1 cm³/mol. The third kappa shape index (κ3) is 7.24. The molecule has 0 aliphatic carbocycles. The molecule has 126 valence electrons. The Morgan fingerprint density at radius 3 is 2.14 bits per heavy atom. The molecule has 3 unspecified atom stereocenters. The van der Waals surface area contributed by atoms with Crippen LogP contribution in [0.1, 0.15) is 6.92 Å². The lowest BCUT2D eigenvalue weighted by atomic mass is 10.2. The van der Waals surface area contributed by atoms with Crippen molar-refractivity contribution in [3.8, 4) is 0 Å². The molecule has 3 atom stereocenters. The Morgan fingerprint density at radius 2 is 1.73 bits per heavy atom. The number of nitrogens with two attached hydrogens (primary N) is 1. The van der Waals surface area contributed by atoms with E-state index in [4.69, 9.17) is 15.9 Å². The van der Waals surface area contributed by atoms with E-state index < -0.39 is 55.0 Å². The fourth-order valence-corrected chi connectivity index (χ4v) is 1.47. The Labute approximate surface area is 132 Å². The van der Waals surface area contributed by atoms with Crippen LogP contribution in [0, 0.1) is 0 Å². The summed E-state index contributed by atoms with van der Waals surface area (Å²) in [5.74, 6) is -3.56. The van der Waals surface area contributed by atoms with Crippen LogP contribution in [-0.2, 0) is 19.2 Å². The molecule has 0 rings (SSSR count). The molecule has 11 heteroatoms. The summed E-state index contributed by atoms with van der Waals surface area (Å²) in [5.41, 5.74) is 5.31. The summed E-state index contributed by atoms with van der Waals surface area (Å²) in [6, 6.07) is -3.30. The fraction of sp³-hybridized carbons (Fsp3) is 0.636. The van der Waals surface area contributed by atoms with Gasteiger partial charge in [0, 0.05) is 5.75 Å². The SMILES string of the molecule is CC(N)C(=O)NC(CO)C(=O)NCC(=O)NC(CS)C(=O)O. The van der Waals surface area contributed by atoms with E-state index in [0.717, 1.165) is 0 Å². The molecule has 0 aliphatic rings. The van der Waals surface area contributed by atoms with Crippen LogP contribution in [0.15, 0.2) is 0 Å². The molecule has 0 spiro atoms. The van der Waals surface area contributed by atoms with Gasteiger partial charge in [-0.3, -0.25) is 14.4 Å². The van der Waals surface area contributed by atoms with Crippen LogP contribution in [0.3, 0.4) is 0 Å². The number of nitrogens with one attached hydrogen (secondary N) is 3. The van der Waals surface area contributed by atoms with E-state index in [2.05, 4.69) is 28.6 Å². The van der Waals surface area contributed by atoms with Crippen LogP contribution < -0.4 is 21.7 Å². The summed E-state index contributed by atoms with van der Waals surface area (Å²) in [6.45, 7) is 0.208. The number of carboxylic acids is 1. The van der Waals surface area contributed by atoms with E-state index >= 15 is 0 Å². The first-order chi connectivity index (χ1) is 10.2. The Kier molecular flexibility index (Phi) is 9.13. The predicted octanol–water partition coefficient (Wildman–Crippen LogP) is -3.57. The van der Waals surface area contributed by atoms with Crippen molar-refractivity contribution >= 4 is 36.3 Å². The Hall–Kier alpha value is -1.85. The van der Waals surface area contributed by atoms with E-state index in [1.54, 1.807) is 0 Å². The quantitative estimate of drug-likeness (QED) is 0.213. The number of aliphatic hydroxyl groups excluding tert-OH is 1. The van der Waals surface area contributed by atoms with E-state index in [1.165, 1.54) is 6.92 Å². The topological polar surface area (TPSA) is 171 Å². The molecule has 0 fully saturated rings. The number of amides is 3. The summed E-state index contributed by atoms with van der Waals surface area (Å²) in [7, 11) is 0. The van der Waals surface area contributed by atoms with Gasteiger partial charge in [-0.25, -0.2) is 4.79 Å². The molecule has 0 aromatic rings. The molecule has 22 heavy (non-hydrogen) atoms. The van der Waals surface area contributed by atoms with Crippen molar-refractivity contribution in [2.45, 2.75) is 25.0 Å². The highest BCUT2D eigenvalue weighted by Crippen LogP contribution is 1.89. The van der Waals surface area contributed by atoms with E-state index in [1.807, 2.05) is 0 Å². The zero-order valence-corrected chi connectivity index (χ0v) is 12.8. The average Bonchev–Trinajstić information content (AvgIpc) is 2.46. The maximum Gasteiger partial charge on any atom is 0.327 e. The summed E-state index contributed by atoms with van der Waals surface area (Å²) < 4.78 is 0. The summed E-state index contributed by atoms with van der Waals surface area (Å²) in [6.07, 6.45) is 0. The lowest BCUT2D eigenvalue weighted by molar-refractivity contribution is -0.141. The maximum absolute atomic E-state index is 11.7. The average molecular weight is 336 g/mol. The van der Waals surface area contributed by atoms with Gasteiger partial charge < -0.3 is 31.9 Å². The number of hydrogen-bond acceptors (Lipinski definition) is 7. The molecular weight excluding hydrogens is 316 g/mol. The van der Waals surface area contributed by atoms with Gasteiger partial charge in [0.05, 0.1) is 19.2 Å². The van der Waals surface area contributed by atoms with Gasteiger partial charge in [0.2, 0.25) is 17.7 Å². The second-order valence-corrected chi connectivity index (χ2v) is 4.76. The fourth-order valence-electron chi connectivity index (χ4n) is 1.22. The molecule has 0 heterocycles. The van der Waals surface area contributed by atoms with E-state index in [9.17, 15) is 19.2 Å². The molecule has 0 radical (unpaired) electrons. The van der Waals surface area contributed by atoms with Gasteiger partial charge in [0.15, 0.2) is 0 Å². The first-order valence-corrected chi connectivity index (χ1v) is 6.93. The van der Waals surface area contributed by atoms with Crippen LogP contribution in [0.5, 0.6) is 0 Å². The molecule has 0 saturated heterocycles. The highest BCUT2D eigenvalue weighted by molar-refractivity contribution is 7.80. The van der Waals surface area contributed by atoms with Crippen LogP contribution in [0.2, 0.25) is 0 Å². The van der Waals surface area contributed by atoms with Crippen molar-refractivity contribution in [1.82, 2.24) is 16.0 Å². The molecule has 10 nitrogen and oxygen atoms in total. The number of hydrogen-bond donors (Lipinski definition) is 7. The van der Waals surface area contributed by atoms with Crippen molar-refractivity contribution in [2.75, 3.05) is 18.9 Å². The smallest absolute Gasteiger partial charge is 0.327 e. The second kappa shape index (κ2) is 9.97. The number of carbonyl (C=O) groups excluding carboxylic acids is 3. The van der Waals surface area contributed by atoms with Crippen LogP contribution >= 0.6 is 12.6 Å². The lowest BCUT2D eigenvalue weighted by Crippen LogP contribution is -2.54. The Balaban J connectivity index is 4.37. The number of aliphatic hydroxyl groups is 1.